The van der Waals surface area contributed by atoms with Crippen LogP contribution in [0.1, 0.15) is 57.8 Å². The quantitative estimate of drug-likeness (QED) is 0.534. The van der Waals surface area contributed by atoms with Crippen LogP contribution in [0.5, 0.6) is 0 Å². The number of carboxylic acid groups (broad SMARTS) is 1. The molecular formula is C17H26N2O4. The topological polar surface area (TPSA) is 95.5 Å². The summed E-state index contributed by atoms with van der Waals surface area (Å²) >= 11 is 0. The summed E-state index contributed by atoms with van der Waals surface area (Å²) in [5.74, 6) is -2.34. The van der Waals surface area contributed by atoms with Crippen LogP contribution in [0.25, 0.3) is 0 Å². The van der Waals surface area contributed by atoms with Crippen molar-refractivity contribution in [1.29, 1.82) is 0 Å². The van der Waals surface area contributed by atoms with Gasteiger partial charge in [0.25, 0.3) is 0 Å². The Morgan fingerprint density at radius 2 is 1.61 bits per heavy atom. The molecule has 0 aromatic rings. The molecule has 0 bridgehead atoms. The highest BCUT2D eigenvalue weighted by atomic mass is 16.4. The van der Waals surface area contributed by atoms with Gasteiger partial charge in [0.2, 0.25) is 11.8 Å². The van der Waals surface area contributed by atoms with Crippen molar-refractivity contribution in [2.75, 3.05) is 0 Å². The predicted octanol–water partition coefficient (Wildman–Crippen LogP) is 2.16. The molecule has 2 atom stereocenters. The summed E-state index contributed by atoms with van der Waals surface area (Å²) in [6.45, 7) is 0. The molecule has 0 heterocycles. The largest absolute Gasteiger partial charge is 0.481 e. The maximum Gasteiger partial charge on any atom is 0.307 e. The molecule has 0 saturated heterocycles. The van der Waals surface area contributed by atoms with Crippen LogP contribution in [0.2, 0.25) is 0 Å². The third kappa shape index (κ3) is 5.37. The molecule has 0 aromatic carbocycles. The molecule has 6 heteroatoms. The maximum atomic E-state index is 12.1. The molecule has 0 radical (unpaired) electrons. The van der Waals surface area contributed by atoms with Crippen LogP contribution < -0.4 is 10.9 Å². The Hall–Kier alpha value is -1.85. The second-order valence-electron chi connectivity index (χ2n) is 6.57. The average Bonchev–Trinajstić information content (AvgIpc) is 2.58. The van der Waals surface area contributed by atoms with Crippen molar-refractivity contribution in [3.63, 3.8) is 0 Å². The Bertz CT molecular complexity index is 469. The van der Waals surface area contributed by atoms with Crippen LogP contribution in [0.4, 0.5) is 0 Å². The van der Waals surface area contributed by atoms with E-state index in [9.17, 15) is 14.4 Å². The number of carbonyl (C=O) groups is 3. The van der Waals surface area contributed by atoms with Crippen LogP contribution >= 0.6 is 0 Å². The fourth-order valence-electron chi connectivity index (χ4n) is 3.47. The van der Waals surface area contributed by atoms with Gasteiger partial charge in [-0.3, -0.25) is 25.2 Å². The highest BCUT2D eigenvalue weighted by Gasteiger charge is 2.34. The standard InChI is InChI=1S/C17H26N2O4/c20-15(11-10-12-6-2-1-3-7-12)18-19-16(21)13-8-4-5-9-14(13)17(22)23/h4-5,12-14H,1-3,6-11H2,(H,18,20)(H,19,21)(H,22,23)/t13-,14-/m1/s1. The Kier molecular flexibility index (Phi) is 6.62. The molecule has 128 valence electrons. The summed E-state index contributed by atoms with van der Waals surface area (Å²) in [4.78, 5) is 35.1. The van der Waals surface area contributed by atoms with Gasteiger partial charge >= 0.3 is 5.97 Å². The first-order chi connectivity index (χ1) is 11.1. The van der Waals surface area contributed by atoms with Gasteiger partial charge in [-0.25, -0.2) is 0 Å². The third-order valence-corrected chi connectivity index (χ3v) is 4.92. The van der Waals surface area contributed by atoms with E-state index in [2.05, 4.69) is 10.9 Å². The van der Waals surface area contributed by atoms with Gasteiger partial charge in [0.1, 0.15) is 0 Å². The Balaban J connectivity index is 1.71. The number of hydrogen-bond acceptors (Lipinski definition) is 3. The van der Waals surface area contributed by atoms with Gasteiger partial charge in [-0.05, 0) is 25.2 Å². The predicted molar refractivity (Wildman–Crippen MR) is 85.1 cm³/mol. The molecule has 2 aliphatic carbocycles. The minimum absolute atomic E-state index is 0.206. The lowest BCUT2D eigenvalue weighted by Crippen LogP contribution is -2.47. The zero-order valence-electron chi connectivity index (χ0n) is 13.4. The third-order valence-electron chi connectivity index (χ3n) is 4.92. The van der Waals surface area contributed by atoms with E-state index in [1.54, 1.807) is 6.08 Å². The highest BCUT2D eigenvalue weighted by Crippen LogP contribution is 2.27. The first kappa shape index (κ1) is 17.5. The minimum Gasteiger partial charge on any atom is -0.481 e. The molecule has 1 fully saturated rings. The maximum absolute atomic E-state index is 12.1. The van der Waals surface area contributed by atoms with Gasteiger partial charge in [-0.15, -0.1) is 0 Å². The Morgan fingerprint density at radius 1 is 0.957 bits per heavy atom. The van der Waals surface area contributed by atoms with E-state index in [0.717, 1.165) is 6.42 Å². The molecule has 0 aliphatic heterocycles. The van der Waals surface area contributed by atoms with Crippen molar-refractivity contribution >= 4 is 17.8 Å². The van der Waals surface area contributed by atoms with Gasteiger partial charge in [-0.2, -0.15) is 0 Å². The van der Waals surface area contributed by atoms with Crippen LogP contribution in [0.15, 0.2) is 12.2 Å². The lowest BCUT2D eigenvalue weighted by molar-refractivity contribution is -0.147. The average molecular weight is 322 g/mol. The SMILES string of the molecule is O=C(CCC1CCCCC1)NNC(=O)[C@@H]1CC=CC[C@H]1C(=O)O. The monoisotopic (exact) mass is 322 g/mol. The fourth-order valence-corrected chi connectivity index (χ4v) is 3.47. The van der Waals surface area contributed by atoms with E-state index in [-0.39, 0.29) is 5.91 Å². The Labute approximate surface area is 136 Å². The summed E-state index contributed by atoms with van der Waals surface area (Å²) in [5.41, 5.74) is 4.81. The molecule has 23 heavy (non-hydrogen) atoms. The molecule has 0 unspecified atom stereocenters. The molecule has 2 aliphatic rings. The lowest BCUT2D eigenvalue weighted by atomic mass is 9.82. The Morgan fingerprint density at radius 3 is 2.26 bits per heavy atom. The smallest absolute Gasteiger partial charge is 0.307 e. The van der Waals surface area contributed by atoms with Crippen LogP contribution in [0, 0.1) is 17.8 Å². The van der Waals surface area contributed by atoms with Gasteiger partial charge in [0.05, 0.1) is 11.8 Å². The number of rotatable bonds is 5. The zero-order valence-corrected chi connectivity index (χ0v) is 13.4. The summed E-state index contributed by atoms with van der Waals surface area (Å²) in [5, 5.41) is 9.16. The molecule has 2 rings (SSSR count). The van der Waals surface area contributed by atoms with Crippen molar-refractivity contribution in [2.24, 2.45) is 17.8 Å². The lowest BCUT2D eigenvalue weighted by Gasteiger charge is -2.24. The number of carbonyl (C=O) groups excluding carboxylic acids is 2. The summed E-state index contributed by atoms with van der Waals surface area (Å²) < 4.78 is 0. The van der Waals surface area contributed by atoms with Crippen molar-refractivity contribution in [1.82, 2.24) is 10.9 Å². The van der Waals surface area contributed by atoms with E-state index in [1.807, 2.05) is 6.08 Å². The number of aliphatic carboxylic acids is 1. The van der Waals surface area contributed by atoms with E-state index in [1.165, 1.54) is 32.1 Å². The van der Waals surface area contributed by atoms with E-state index < -0.39 is 23.7 Å². The molecule has 6 nitrogen and oxygen atoms in total. The normalized spacial score (nSPS) is 24.9. The zero-order chi connectivity index (χ0) is 16.7. The van der Waals surface area contributed by atoms with Gasteiger partial charge in [-0.1, -0.05) is 44.3 Å². The highest BCUT2D eigenvalue weighted by molar-refractivity contribution is 5.87. The number of carboxylic acids is 1. The number of allylic oxidation sites excluding steroid dienone is 2. The van der Waals surface area contributed by atoms with E-state index in [0.29, 0.717) is 25.2 Å². The number of nitrogens with one attached hydrogen (secondary N) is 2. The first-order valence-electron chi connectivity index (χ1n) is 8.54. The van der Waals surface area contributed by atoms with Crippen molar-refractivity contribution < 1.29 is 19.5 Å². The second-order valence-corrected chi connectivity index (χ2v) is 6.57. The second kappa shape index (κ2) is 8.70. The van der Waals surface area contributed by atoms with E-state index in [4.69, 9.17) is 5.11 Å². The van der Waals surface area contributed by atoms with Gasteiger partial charge < -0.3 is 5.11 Å². The molecule has 2 amide bonds. The van der Waals surface area contributed by atoms with Gasteiger partial charge in [0.15, 0.2) is 0 Å². The fraction of sp³-hybridized carbons (Fsp3) is 0.706. The van der Waals surface area contributed by atoms with Crippen LogP contribution in [-0.4, -0.2) is 22.9 Å². The molecule has 0 aromatic heterocycles. The van der Waals surface area contributed by atoms with E-state index >= 15 is 0 Å². The van der Waals surface area contributed by atoms with Crippen LogP contribution in [0.3, 0.4) is 0 Å². The van der Waals surface area contributed by atoms with Crippen molar-refractivity contribution in [3.05, 3.63) is 12.2 Å². The number of amides is 2. The van der Waals surface area contributed by atoms with Crippen molar-refractivity contribution in [3.8, 4) is 0 Å². The van der Waals surface area contributed by atoms with Crippen LogP contribution in [-0.2, 0) is 14.4 Å². The molecule has 0 spiro atoms. The number of hydrogen-bond donors (Lipinski definition) is 3. The molecule has 3 N–H and O–H groups in total. The molecular weight excluding hydrogens is 296 g/mol. The minimum atomic E-state index is -0.974. The summed E-state index contributed by atoms with van der Waals surface area (Å²) in [6, 6.07) is 0. The molecule has 1 saturated carbocycles. The first-order valence-corrected chi connectivity index (χ1v) is 8.54. The van der Waals surface area contributed by atoms with Gasteiger partial charge in [0, 0.05) is 6.42 Å². The summed E-state index contributed by atoms with van der Waals surface area (Å²) in [6.07, 6.45) is 11.7. The van der Waals surface area contributed by atoms with Crippen molar-refractivity contribution in [2.45, 2.75) is 57.8 Å². The summed E-state index contributed by atoms with van der Waals surface area (Å²) in [7, 11) is 0. The number of hydrazine groups is 1.